The second kappa shape index (κ2) is 11.8. The zero-order valence-electron chi connectivity index (χ0n) is 26.5. The molecule has 0 nitrogen and oxygen atoms in total. The summed E-state index contributed by atoms with van der Waals surface area (Å²) in [5.41, 5.74) is 12.4. The summed E-state index contributed by atoms with van der Waals surface area (Å²) in [5.74, 6) is 0. The van der Waals surface area contributed by atoms with Crippen LogP contribution in [-0.4, -0.2) is 0 Å². The zero-order valence-corrected chi connectivity index (χ0v) is 26.5. The Kier molecular flexibility index (Phi) is 6.91. The molecule has 0 saturated carbocycles. The van der Waals surface area contributed by atoms with E-state index in [2.05, 4.69) is 194 Å². The molecular formula is C48H32. The highest BCUT2D eigenvalue weighted by Crippen LogP contribution is 2.47. The van der Waals surface area contributed by atoms with Crippen LogP contribution < -0.4 is 0 Å². The Hall–Kier alpha value is -6.24. The summed E-state index contributed by atoms with van der Waals surface area (Å²) >= 11 is 0. The van der Waals surface area contributed by atoms with Crippen molar-refractivity contribution in [1.29, 1.82) is 0 Å². The fourth-order valence-electron chi connectivity index (χ4n) is 7.45. The quantitative estimate of drug-likeness (QED) is 0.171. The van der Waals surface area contributed by atoms with E-state index in [9.17, 15) is 0 Å². The highest BCUT2D eigenvalue weighted by atomic mass is 14.2. The van der Waals surface area contributed by atoms with Crippen LogP contribution in [0.3, 0.4) is 0 Å². The highest BCUT2D eigenvalue weighted by Gasteiger charge is 2.19. The Morgan fingerprint density at radius 1 is 0.208 bits per heavy atom. The van der Waals surface area contributed by atoms with Crippen LogP contribution in [0.2, 0.25) is 0 Å². The molecule has 0 aliphatic carbocycles. The van der Waals surface area contributed by atoms with Gasteiger partial charge in [0.15, 0.2) is 0 Å². The predicted molar refractivity (Wildman–Crippen MR) is 206 cm³/mol. The number of hydrogen-bond donors (Lipinski definition) is 0. The van der Waals surface area contributed by atoms with Gasteiger partial charge in [-0.1, -0.05) is 188 Å². The summed E-state index contributed by atoms with van der Waals surface area (Å²) in [5, 5.41) is 7.56. The standard InChI is InChI=1S/C48H32/c1-3-14-33(15-4-1)38-30-31-45-46(32-38)47(37-28-26-36(27-29-37)40-25-13-19-35-18-7-8-20-39(35)40)43-23-11-12-24-44(43)48(45)42-22-10-9-21-41(42)34-16-5-2-6-17-34/h1-32H. The number of fused-ring (bicyclic) bond motifs is 3. The molecule has 9 aromatic rings. The summed E-state index contributed by atoms with van der Waals surface area (Å²) in [4.78, 5) is 0. The van der Waals surface area contributed by atoms with Crippen molar-refractivity contribution < 1.29 is 0 Å². The first-order chi connectivity index (χ1) is 23.8. The van der Waals surface area contributed by atoms with Crippen molar-refractivity contribution in [3.05, 3.63) is 194 Å². The lowest BCUT2D eigenvalue weighted by molar-refractivity contribution is 1.60. The third-order valence-corrected chi connectivity index (χ3v) is 9.69. The van der Waals surface area contributed by atoms with Gasteiger partial charge in [-0.3, -0.25) is 0 Å². The molecule has 0 heterocycles. The average molecular weight is 609 g/mol. The van der Waals surface area contributed by atoms with Crippen molar-refractivity contribution in [2.75, 3.05) is 0 Å². The molecule has 224 valence electrons. The third-order valence-electron chi connectivity index (χ3n) is 9.69. The number of benzene rings is 9. The fraction of sp³-hybridized carbons (Fsp3) is 0. The maximum Gasteiger partial charge on any atom is -0.00201 e. The van der Waals surface area contributed by atoms with E-state index in [0.29, 0.717) is 0 Å². The second-order valence-electron chi connectivity index (χ2n) is 12.4. The summed E-state index contributed by atoms with van der Waals surface area (Å²) in [6.45, 7) is 0. The van der Waals surface area contributed by atoms with Crippen molar-refractivity contribution in [2.45, 2.75) is 0 Å². The lowest BCUT2D eigenvalue weighted by atomic mass is 9.83. The van der Waals surface area contributed by atoms with Gasteiger partial charge >= 0.3 is 0 Å². The molecule has 48 heavy (non-hydrogen) atoms. The van der Waals surface area contributed by atoms with Gasteiger partial charge in [0, 0.05) is 0 Å². The third kappa shape index (κ3) is 4.78. The Bertz CT molecular complexity index is 2570. The van der Waals surface area contributed by atoms with Crippen LogP contribution in [0.25, 0.3) is 88.0 Å². The van der Waals surface area contributed by atoms with E-state index in [-0.39, 0.29) is 0 Å². The van der Waals surface area contributed by atoms with E-state index in [1.54, 1.807) is 0 Å². The van der Waals surface area contributed by atoms with Gasteiger partial charge in [0.2, 0.25) is 0 Å². The molecule has 0 bridgehead atoms. The van der Waals surface area contributed by atoms with Crippen molar-refractivity contribution in [2.24, 2.45) is 0 Å². The average Bonchev–Trinajstić information content (AvgIpc) is 3.17. The van der Waals surface area contributed by atoms with Crippen LogP contribution in [0.1, 0.15) is 0 Å². The van der Waals surface area contributed by atoms with Crippen LogP contribution in [0.15, 0.2) is 194 Å². The Labute approximate surface area is 281 Å². The topological polar surface area (TPSA) is 0 Å². The Morgan fingerprint density at radius 3 is 1.44 bits per heavy atom. The van der Waals surface area contributed by atoms with E-state index < -0.39 is 0 Å². The first-order valence-corrected chi connectivity index (χ1v) is 16.6. The van der Waals surface area contributed by atoms with Gasteiger partial charge in [-0.05, 0) is 94.0 Å². The minimum Gasteiger partial charge on any atom is -0.0622 e. The molecule has 0 aliphatic rings. The molecule has 0 radical (unpaired) electrons. The number of hydrogen-bond acceptors (Lipinski definition) is 0. The van der Waals surface area contributed by atoms with E-state index in [1.807, 2.05) is 0 Å². The minimum atomic E-state index is 1.22. The van der Waals surface area contributed by atoms with Gasteiger partial charge in [0.1, 0.15) is 0 Å². The van der Waals surface area contributed by atoms with E-state index in [1.165, 1.54) is 88.0 Å². The largest absolute Gasteiger partial charge is 0.0622 e. The van der Waals surface area contributed by atoms with Gasteiger partial charge in [0.05, 0.1) is 0 Å². The predicted octanol–water partition coefficient (Wildman–Crippen LogP) is 13.5. The summed E-state index contributed by atoms with van der Waals surface area (Å²) in [6.07, 6.45) is 0. The van der Waals surface area contributed by atoms with E-state index in [0.717, 1.165) is 0 Å². The maximum atomic E-state index is 2.40. The lowest BCUT2D eigenvalue weighted by Gasteiger charge is -2.20. The summed E-state index contributed by atoms with van der Waals surface area (Å²) < 4.78 is 0. The van der Waals surface area contributed by atoms with Crippen molar-refractivity contribution >= 4 is 32.3 Å². The smallest absolute Gasteiger partial charge is 0.00201 e. The highest BCUT2D eigenvalue weighted by molar-refractivity contribution is 6.23. The molecule has 0 spiro atoms. The van der Waals surface area contributed by atoms with Crippen molar-refractivity contribution in [3.63, 3.8) is 0 Å². The van der Waals surface area contributed by atoms with Crippen molar-refractivity contribution in [1.82, 2.24) is 0 Å². The molecule has 0 aromatic heterocycles. The lowest BCUT2D eigenvalue weighted by Crippen LogP contribution is -1.93. The van der Waals surface area contributed by atoms with Gasteiger partial charge in [0.25, 0.3) is 0 Å². The van der Waals surface area contributed by atoms with Crippen LogP contribution in [0.4, 0.5) is 0 Å². The molecular weight excluding hydrogens is 577 g/mol. The van der Waals surface area contributed by atoms with E-state index in [4.69, 9.17) is 0 Å². The molecule has 0 heteroatoms. The van der Waals surface area contributed by atoms with Crippen LogP contribution in [0, 0.1) is 0 Å². The monoisotopic (exact) mass is 608 g/mol. The van der Waals surface area contributed by atoms with E-state index >= 15 is 0 Å². The molecule has 0 amide bonds. The van der Waals surface area contributed by atoms with Crippen LogP contribution in [-0.2, 0) is 0 Å². The molecule has 0 fully saturated rings. The van der Waals surface area contributed by atoms with Crippen LogP contribution >= 0.6 is 0 Å². The molecule has 9 rings (SSSR count). The van der Waals surface area contributed by atoms with Crippen molar-refractivity contribution in [3.8, 4) is 55.6 Å². The Morgan fingerprint density at radius 2 is 0.688 bits per heavy atom. The van der Waals surface area contributed by atoms with Gasteiger partial charge in [-0.2, -0.15) is 0 Å². The SMILES string of the molecule is c1ccc(-c2ccc3c(-c4ccccc4-c4ccccc4)c4ccccc4c(-c4ccc(-c5cccc6ccccc56)cc4)c3c2)cc1. The van der Waals surface area contributed by atoms with Gasteiger partial charge in [-0.15, -0.1) is 0 Å². The van der Waals surface area contributed by atoms with Gasteiger partial charge < -0.3 is 0 Å². The first-order valence-electron chi connectivity index (χ1n) is 16.6. The molecule has 0 N–H and O–H groups in total. The molecule has 0 unspecified atom stereocenters. The Balaban J connectivity index is 1.33. The molecule has 0 aliphatic heterocycles. The molecule has 0 atom stereocenters. The number of rotatable bonds is 5. The summed E-state index contributed by atoms with van der Waals surface area (Å²) in [6, 6.07) is 70.7. The first kappa shape index (κ1) is 28.0. The summed E-state index contributed by atoms with van der Waals surface area (Å²) in [7, 11) is 0. The molecule has 0 saturated heterocycles. The second-order valence-corrected chi connectivity index (χ2v) is 12.4. The minimum absolute atomic E-state index is 1.22. The molecule has 9 aromatic carbocycles. The van der Waals surface area contributed by atoms with Gasteiger partial charge in [-0.25, -0.2) is 0 Å². The zero-order chi connectivity index (χ0) is 31.9. The maximum absolute atomic E-state index is 2.40. The normalized spacial score (nSPS) is 11.3. The van der Waals surface area contributed by atoms with Crippen LogP contribution in [0.5, 0.6) is 0 Å². The fourth-order valence-corrected chi connectivity index (χ4v) is 7.45.